The van der Waals surface area contributed by atoms with Crippen molar-refractivity contribution in [2.75, 3.05) is 43.1 Å². The van der Waals surface area contributed by atoms with E-state index in [0.717, 1.165) is 17.8 Å². The molecule has 1 unspecified atom stereocenters. The number of alkyl halides is 3. The average Bonchev–Trinajstić information content (AvgIpc) is 2.93. The second-order valence-corrected chi connectivity index (χ2v) is 9.01. The number of fused-ring (bicyclic) bond motifs is 1. The Morgan fingerprint density at radius 3 is 2.39 bits per heavy atom. The maximum atomic E-state index is 13.6. The number of anilines is 2. The zero-order valence-electron chi connectivity index (χ0n) is 20.5. The van der Waals surface area contributed by atoms with Crippen LogP contribution < -0.4 is 9.80 Å². The van der Waals surface area contributed by atoms with Crippen LogP contribution in [0, 0.1) is 5.82 Å². The van der Waals surface area contributed by atoms with Crippen molar-refractivity contribution in [2.45, 2.75) is 18.6 Å². The quantitative estimate of drug-likeness (QED) is 0.345. The zero-order valence-corrected chi connectivity index (χ0v) is 20.5. The van der Waals surface area contributed by atoms with Gasteiger partial charge in [-0.1, -0.05) is 6.07 Å². The van der Waals surface area contributed by atoms with Crippen LogP contribution in [0.25, 0.3) is 0 Å². The number of nitrogens with zero attached hydrogens (tertiary/aromatic N) is 5. The van der Waals surface area contributed by atoms with E-state index in [-0.39, 0.29) is 17.9 Å². The molecule has 0 aliphatic carbocycles. The van der Waals surface area contributed by atoms with Crippen molar-refractivity contribution in [3.05, 3.63) is 83.9 Å². The highest BCUT2D eigenvalue weighted by molar-refractivity contribution is 6.01. The summed E-state index contributed by atoms with van der Waals surface area (Å²) in [6, 6.07) is 12.3. The molecule has 2 aromatic carbocycles. The predicted molar refractivity (Wildman–Crippen MR) is 135 cm³/mol. The number of hydrogen-bond donors (Lipinski definition) is 0. The second kappa shape index (κ2) is 10.3. The minimum Gasteiger partial charge on any atom is -0.469 e. The molecule has 3 heterocycles. The molecule has 0 N–H and O–H groups in total. The smallest absolute Gasteiger partial charge is 0.416 e. The Kier molecular flexibility index (Phi) is 6.92. The molecule has 198 valence electrons. The lowest BCUT2D eigenvalue weighted by Gasteiger charge is -2.45. The lowest BCUT2D eigenvalue weighted by molar-refractivity contribution is -0.141. The summed E-state index contributed by atoms with van der Waals surface area (Å²) in [5.74, 6) is -0.390. The number of hydrogen-bond acceptors (Lipinski definition) is 7. The minimum absolute atomic E-state index is 0.0989. The number of benzene rings is 2. The summed E-state index contributed by atoms with van der Waals surface area (Å²) in [6.07, 6.45) is -1.49. The van der Waals surface area contributed by atoms with E-state index in [1.807, 2.05) is 4.90 Å². The molecule has 1 saturated heterocycles. The van der Waals surface area contributed by atoms with Crippen LogP contribution in [0.3, 0.4) is 0 Å². The van der Waals surface area contributed by atoms with Crippen LogP contribution >= 0.6 is 0 Å². The largest absolute Gasteiger partial charge is 0.469 e. The molecule has 0 saturated carbocycles. The summed E-state index contributed by atoms with van der Waals surface area (Å²) in [6.45, 7) is 2.18. The van der Waals surface area contributed by atoms with Crippen molar-refractivity contribution in [3.8, 4) is 0 Å². The summed E-state index contributed by atoms with van der Waals surface area (Å²) >= 11 is 0. The number of piperazine rings is 1. The van der Waals surface area contributed by atoms with Crippen molar-refractivity contribution in [2.24, 2.45) is 4.99 Å². The summed E-state index contributed by atoms with van der Waals surface area (Å²) in [5.41, 5.74) is 1.55. The van der Waals surface area contributed by atoms with E-state index in [1.165, 1.54) is 25.3 Å². The van der Waals surface area contributed by atoms with Crippen LogP contribution in [0.2, 0.25) is 0 Å². The standard InChI is InChI=1S/C27H25F4N5O2/c1-38-25(37)16-24-22-9-10-32-17-23(22)33-26(36(24)21-4-2-3-18(15-21)27(29,30)31)35-13-11-34(12-14-35)20-7-5-19(28)6-8-20/h2-10,15,17,24H,11-14,16H2,1H3. The molecule has 1 aromatic heterocycles. The number of ether oxygens (including phenoxy) is 1. The van der Waals surface area contributed by atoms with E-state index in [4.69, 9.17) is 9.73 Å². The monoisotopic (exact) mass is 527 g/mol. The number of esters is 1. The maximum Gasteiger partial charge on any atom is 0.416 e. The lowest BCUT2D eigenvalue weighted by atomic mass is 9.98. The van der Waals surface area contributed by atoms with Gasteiger partial charge >= 0.3 is 12.1 Å². The number of rotatable bonds is 4. The first-order chi connectivity index (χ1) is 18.2. The fraction of sp³-hybridized carbons (Fsp3) is 0.296. The Morgan fingerprint density at radius 2 is 1.71 bits per heavy atom. The van der Waals surface area contributed by atoms with E-state index in [2.05, 4.69) is 9.88 Å². The van der Waals surface area contributed by atoms with Crippen molar-refractivity contribution in [1.29, 1.82) is 0 Å². The number of pyridine rings is 1. The van der Waals surface area contributed by atoms with E-state index >= 15 is 0 Å². The van der Waals surface area contributed by atoms with Crippen molar-refractivity contribution >= 4 is 29.0 Å². The minimum atomic E-state index is -4.54. The van der Waals surface area contributed by atoms with Crippen molar-refractivity contribution in [3.63, 3.8) is 0 Å². The number of aromatic nitrogens is 1. The topological polar surface area (TPSA) is 61.3 Å². The Hall–Kier alpha value is -4.15. The van der Waals surface area contributed by atoms with Gasteiger partial charge in [0.2, 0.25) is 5.96 Å². The molecular formula is C27H25F4N5O2. The predicted octanol–water partition coefficient (Wildman–Crippen LogP) is 5.17. The third-order valence-electron chi connectivity index (χ3n) is 6.73. The lowest BCUT2D eigenvalue weighted by Crippen LogP contribution is -2.55. The molecule has 7 nitrogen and oxygen atoms in total. The first-order valence-electron chi connectivity index (χ1n) is 12.1. The molecule has 38 heavy (non-hydrogen) atoms. The van der Waals surface area contributed by atoms with Crippen LogP contribution in [0.15, 0.2) is 72.0 Å². The molecule has 3 aromatic rings. The summed E-state index contributed by atoms with van der Waals surface area (Å²) < 4.78 is 59.3. The number of guanidine groups is 1. The second-order valence-electron chi connectivity index (χ2n) is 9.01. The first kappa shape index (κ1) is 25.5. The van der Waals surface area contributed by atoms with E-state index in [0.29, 0.717) is 43.4 Å². The number of methoxy groups -OCH3 is 1. The maximum absolute atomic E-state index is 13.6. The van der Waals surface area contributed by atoms with Crippen LogP contribution in [0.5, 0.6) is 0 Å². The molecule has 1 atom stereocenters. The average molecular weight is 528 g/mol. The summed E-state index contributed by atoms with van der Waals surface area (Å²) in [4.78, 5) is 27.2. The Balaban J connectivity index is 1.54. The van der Waals surface area contributed by atoms with Gasteiger partial charge in [0, 0.05) is 49.3 Å². The van der Waals surface area contributed by atoms with Crippen LogP contribution in [-0.4, -0.2) is 55.1 Å². The molecule has 2 aliphatic rings. The Morgan fingerprint density at radius 1 is 1.00 bits per heavy atom. The van der Waals surface area contributed by atoms with Gasteiger partial charge in [0.05, 0.1) is 37.0 Å². The van der Waals surface area contributed by atoms with Crippen LogP contribution in [0.1, 0.15) is 23.6 Å². The van der Waals surface area contributed by atoms with Gasteiger partial charge in [-0.2, -0.15) is 13.2 Å². The summed E-state index contributed by atoms with van der Waals surface area (Å²) in [7, 11) is 1.27. The van der Waals surface area contributed by atoms with E-state index in [1.54, 1.807) is 41.6 Å². The third kappa shape index (κ3) is 5.13. The number of aliphatic imine (C=N–C) groups is 1. The van der Waals surface area contributed by atoms with Gasteiger partial charge in [0.15, 0.2) is 0 Å². The highest BCUT2D eigenvalue weighted by Gasteiger charge is 2.38. The van der Waals surface area contributed by atoms with Gasteiger partial charge in [-0.05, 0) is 48.5 Å². The molecule has 0 amide bonds. The molecule has 11 heteroatoms. The normalized spacial score (nSPS) is 17.7. The van der Waals surface area contributed by atoms with E-state index in [9.17, 15) is 22.4 Å². The third-order valence-corrected chi connectivity index (χ3v) is 6.73. The highest BCUT2D eigenvalue weighted by Crippen LogP contribution is 2.42. The highest BCUT2D eigenvalue weighted by atomic mass is 19.4. The first-order valence-corrected chi connectivity index (χ1v) is 12.1. The number of halogens is 4. The number of carbonyl (C=O) groups is 1. The van der Waals surface area contributed by atoms with Crippen LogP contribution in [-0.2, 0) is 15.7 Å². The summed E-state index contributed by atoms with van der Waals surface area (Å²) in [5, 5.41) is 0. The van der Waals surface area contributed by atoms with Crippen molar-refractivity contribution in [1.82, 2.24) is 9.88 Å². The Labute approximate surface area is 217 Å². The van der Waals surface area contributed by atoms with Gasteiger partial charge in [0.25, 0.3) is 0 Å². The van der Waals surface area contributed by atoms with Crippen molar-refractivity contribution < 1.29 is 27.1 Å². The van der Waals surface area contributed by atoms with Gasteiger partial charge in [0.1, 0.15) is 5.82 Å². The number of carbonyl (C=O) groups excluding carboxylic acids is 1. The zero-order chi connectivity index (χ0) is 26.9. The van der Waals surface area contributed by atoms with Gasteiger partial charge in [-0.3, -0.25) is 9.78 Å². The van der Waals surface area contributed by atoms with Gasteiger partial charge in [-0.15, -0.1) is 0 Å². The van der Waals surface area contributed by atoms with Crippen LogP contribution in [0.4, 0.5) is 34.6 Å². The molecule has 1 fully saturated rings. The molecule has 0 radical (unpaired) electrons. The molecular weight excluding hydrogens is 502 g/mol. The SMILES string of the molecule is COC(=O)CC1c2ccncc2N=C(N2CCN(c3ccc(F)cc3)CC2)N1c1cccc(C(F)(F)F)c1. The molecule has 5 rings (SSSR count). The Bertz CT molecular complexity index is 1340. The van der Waals surface area contributed by atoms with Gasteiger partial charge < -0.3 is 19.4 Å². The fourth-order valence-electron chi connectivity index (χ4n) is 4.82. The molecule has 0 bridgehead atoms. The molecule has 0 spiro atoms. The van der Waals surface area contributed by atoms with Gasteiger partial charge in [-0.25, -0.2) is 9.38 Å². The van der Waals surface area contributed by atoms with E-state index < -0.39 is 23.8 Å². The fourth-order valence-corrected chi connectivity index (χ4v) is 4.82. The molecule has 2 aliphatic heterocycles.